The molecule has 0 amide bonds. The number of piperazine rings is 1. The quantitative estimate of drug-likeness (QED) is 0.661. The van der Waals surface area contributed by atoms with Crippen molar-refractivity contribution in [2.45, 2.75) is 12.8 Å². The molecule has 0 saturated carbocycles. The van der Waals surface area contributed by atoms with E-state index in [1.165, 1.54) is 5.56 Å². The van der Waals surface area contributed by atoms with Gasteiger partial charge in [0, 0.05) is 26.2 Å². The molecule has 0 atom stereocenters. The Bertz CT molecular complexity index is 751. The van der Waals surface area contributed by atoms with Gasteiger partial charge < -0.3 is 19.1 Å². The average Bonchev–Trinajstić information content (AvgIpc) is 2.74. The lowest BCUT2D eigenvalue weighted by Gasteiger charge is -2.36. The number of rotatable bonds is 8. The summed E-state index contributed by atoms with van der Waals surface area (Å²) in [7, 11) is 4.93. The lowest BCUT2D eigenvalue weighted by molar-refractivity contribution is 0.255. The normalized spacial score (nSPS) is 14.8. The summed E-state index contributed by atoms with van der Waals surface area (Å²) in [5, 5.41) is 0.832. The molecular weight excluding hydrogens is 376 g/mol. The Morgan fingerprint density at radius 1 is 0.893 bits per heavy atom. The molecule has 0 bridgehead atoms. The highest BCUT2D eigenvalue weighted by molar-refractivity contribution is 6.33. The Morgan fingerprint density at radius 3 is 2.11 bits per heavy atom. The molecule has 0 aliphatic carbocycles. The SMILES string of the molecule is COc1cc(CCCN2CCN(c3ccccc3Cl)CC2)cc(OC)c1OC. The van der Waals surface area contributed by atoms with Crippen molar-refractivity contribution >= 4 is 17.3 Å². The van der Waals surface area contributed by atoms with Gasteiger partial charge in [0.15, 0.2) is 11.5 Å². The van der Waals surface area contributed by atoms with Gasteiger partial charge in [0.25, 0.3) is 0 Å². The second kappa shape index (κ2) is 9.89. The van der Waals surface area contributed by atoms with Crippen LogP contribution in [0.25, 0.3) is 0 Å². The van der Waals surface area contributed by atoms with Crippen LogP contribution < -0.4 is 19.1 Å². The van der Waals surface area contributed by atoms with E-state index in [9.17, 15) is 0 Å². The van der Waals surface area contributed by atoms with Gasteiger partial charge in [-0.25, -0.2) is 0 Å². The molecule has 28 heavy (non-hydrogen) atoms. The first-order valence-corrected chi connectivity index (χ1v) is 10.0. The highest BCUT2D eigenvalue weighted by Gasteiger charge is 2.19. The predicted octanol–water partition coefficient (Wildman–Crippen LogP) is 4.12. The number of hydrogen-bond donors (Lipinski definition) is 0. The van der Waals surface area contributed by atoms with Crippen molar-refractivity contribution in [3.05, 3.63) is 47.0 Å². The Labute approximate surface area is 172 Å². The first kappa shape index (κ1) is 20.6. The van der Waals surface area contributed by atoms with E-state index in [1.54, 1.807) is 21.3 Å². The minimum atomic E-state index is 0.643. The summed E-state index contributed by atoms with van der Waals surface area (Å²) >= 11 is 6.33. The molecule has 6 heteroatoms. The third-order valence-corrected chi connectivity index (χ3v) is 5.55. The summed E-state index contributed by atoms with van der Waals surface area (Å²) < 4.78 is 16.3. The molecule has 152 valence electrons. The van der Waals surface area contributed by atoms with Gasteiger partial charge >= 0.3 is 0 Å². The zero-order chi connectivity index (χ0) is 19.9. The molecular formula is C22H29ClN2O3. The lowest BCUT2D eigenvalue weighted by Crippen LogP contribution is -2.46. The van der Waals surface area contributed by atoms with Crippen molar-refractivity contribution in [3.8, 4) is 17.2 Å². The number of benzene rings is 2. The van der Waals surface area contributed by atoms with Crippen LogP contribution in [0.3, 0.4) is 0 Å². The summed E-state index contributed by atoms with van der Waals surface area (Å²) in [6, 6.07) is 12.2. The Balaban J connectivity index is 1.51. The molecule has 2 aromatic carbocycles. The van der Waals surface area contributed by atoms with Crippen molar-refractivity contribution in [2.75, 3.05) is 59.0 Å². The van der Waals surface area contributed by atoms with E-state index in [2.05, 4.69) is 15.9 Å². The lowest BCUT2D eigenvalue weighted by atomic mass is 10.1. The number of methoxy groups -OCH3 is 3. The van der Waals surface area contributed by atoms with Crippen molar-refractivity contribution in [1.29, 1.82) is 0 Å². The molecule has 0 aromatic heterocycles. The summed E-state index contributed by atoms with van der Waals surface area (Å²) in [6.07, 6.45) is 2.06. The largest absolute Gasteiger partial charge is 0.493 e. The molecule has 1 saturated heterocycles. The fourth-order valence-electron chi connectivity index (χ4n) is 3.71. The molecule has 2 aromatic rings. The molecule has 1 aliphatic rings. The zero-order valence-electron chi connectivity index (χ0n) is 16.9. The topological polar surface area (TPSA) is 34.2 Å². The number of hydrogen-bond acceptors (Lipinski definition) is 5. The van der Waals surface area contributed by atoms with Crippen LogP contribution >= 0.6 is 11.6 Å². The second-order valence-electron chi connectivity index (χ2n) is 6.92. The van der Waals surface area contributed by atoms with Crippen LogP contribution in [-0.4, -0.2) is 59.0 Å². The Morgan fingerprint density at radius 2 is 1.54 bits per heavy atom. The maximum Gasteiger partial charge on any atom is 0.203 e. The third-order valence-electron chi connectivity index (χ3n) is 5.23. The van der Waals surface area contributed by atoms with E-state index < -0.39 is 0 Å². The molecule has 1 aliphatic heterocycles. The summed E-state index contributed by atoms with van der Waals surface area (Å²) in [6.45, 7) is 5.20. The molecule has 0 N–H and O–H groups in total. The number of aryl methyl sites for hydroxylation is 1. The monoisotopic (exact) mass is 404 g/mol. The minimum absolute atomic E-state index is 0.643. The number of nitrogens with zero attached hydrogens (tertiary/aromatic N) is 2. The maximum atomic E-state index is 6.33. The summed E-state index contributed by atoms with van der Waals surface area (Å²) in [4.78, 5) is 4.89. The predicted molar refractivity (Wildman–Crippen MR) is 115 cm³/mol. The third kappa shape index (κ3) is 4.83. The highest BCUT2D eigenvalue weighted by atomic mass is 35.5. The Kier molecular flexibility index (Phi) is 7.29. The van der Waals surface area contributed by atoms with E-state index in [0.29, 0.717) is 17.2 Å². The van der Waals surface area contributed by atoms with Gasteiger partial charge in [-0.2, -0.15) is 0 Å². The summed E-state index contributed by atoms with van der Waals surface area (Å²) in [5.41, 5.74) is 2.34. The van der Waals surface area contributed by atoms with E-state index in [1.807, 2.05) is 30.3 Å². The summed E-state index contributed by atoms with van der Waals surface area (Å²) in [5.74, 6) is 2.07. The van der Waals surface area contributed by atoms with Gasteiger partial charge in [0.05, 0.1) is 32.0 Å². The fourth-order valence-corrected chi connectivity index (χ4v) is 3.96. The van der Waals surface area contributed by atoms with Crippen LogP contribution in [0, 0.1) is 0 Å². The smallest absolute Gasteiger partial charge is 0.203 e. The van der Waals surface area contributed by atoms with E-state index in [-0.39, 0.29) is 0 Å². The first-order chi connectivity index (χ1) is 13.7. The average molecular weight is 405 g/mol. The van der Waals surface area contributed by atoms with Gasteiger partial charge in [-0.05, 0) is 49.2 Å². The standard InChI is InChI=1S/C22H29ClN2O3/c1-26-20-15-17(16-21(27-2)22(20)28-3)7-6-10-24-11-13-25(14-12-24)19-9-5-4-8-18(19)23/h4-5,8-9,15-16H,6-7,10-14H2,1-3H3. The molecule has 3 rings (SSSR count). The number of para-hydroxylation sites is 1. The first-order valence-electron chi connectivity index (χ1n) is 9.67. The second-order valence-corrected chi connectivity index (χ2v) is 7.32. The van der Waals surface area contributed by atoms with Gasteiger partial charge in [0.1, 0.15) is 0 Å². The van der Waals surface area contributed by atoms with Crippen molar-refractivity contribution in [1.82, 2.24) is 4.90 Å². The molecule has 0 unspecified atom stereocenters. The zero-order valence-corrected chi connectivity index (χ0v) is 17.7. The highest BCUT2D eigenvalue weighted by Crippen LogP contribution is 2.38. The van der Waals surface area contributed by atoms with Crippen LogP contribution in [0.2, 0.25) is 5.02 Å². The molecule has 1 fully saturated rings. The van der Waals surface area contributed by atoms with E-state index in [0.717, 1.165) is 56.3 Å². The van der Waals surface area contributed by atoms with Gasteiger partial charge in [0.2, 0.25) is 5.75 Å². The van der Waals surface area contributed by atoms with Gasteiger partial charge in [-0.3, -0.25) is 4.90 Å². The van der Waals surface area contributed by atoms with Crippen LogP contribution in [0.15, 0.2) is 36.4 Å². The van der Waals surface area contributed by atoms with Crippen LogP contribution in [0.4, 0.5) is 5.69 Å². The Hall–Kier alpha value is -2.11. The van der Waals surface area contributed by atoms with Gasteiger partial charge in [-0.1, -0.05) is 23.7 Å². The van der Waals surface area contributed by atoms with Crippen LogP contribution in [0.5, 0.6) is 17.2 Å². The van der Waals surface area contributed by atoms with Gasteiger partial charge in [-0.15, -0.1) is 0 Å². The van der Waals surface area contributed by atoms with Crippen LogP contribution in [-0.2, 0) is 6.42 Å². The molecule has 0 spiro atoms. The molecule has 1 heterocycles. The van der Waals surface area contributed by atoms with E-state index >= 15 is 0 Å². The number of ether oxygens (including phenoxy) is 3. The molecule has 5 nitrogen and oxygen atoms in total. The number of halogens is 1. The van der Waals surface area contributed by atoms with Crippen LogP contribution in [0.1, 0.15) is 12.0 Å². The van der Waals surface area contributed by atoms with Crippen molar-refractivity contribution in [2.24, 2.45) is 0 Å². The minimum Gasteiger partial charge on any atom is -0.493 e. The molecule has 0 radical (unpaired) electrons. The fraction of sp³-hybridized carbons (Fsp3) is 0.455. The maximum absolute atomic E-state index is 6.33. The number of anilines is 1. The van der Waals surface area contributed by atoms with E-state index in [4.69, 9.17) is 25.8 Å². The van der Waals surface area contributed by atoms with Crippen molar-refractivity contribution < 1.29 is 14.2 Å². The van der Waals surface area contributed by atoms with Crippen molar-refractivity contribution in [3.63, 3.8) is 0 Å².